The maximum Gasteiger partial charge on any atom is 0.352 e. The third kappa shape index (κ3) is 5.79. The summed E-state index contributed by atoms with van der Waals surface area (Å²) in [4.78, 5) is 59.9. The number of Topliss-reactive ketones (excluding diaryl/α,β-unsaturated/α-hetero) is 1. The number of nitrogens with zero attached hydrogens (tertiary/aromatic N) is 3. The van der Waals surface area contributed by atoms with Gasteiger partial charge in [-0.15, -0.1) is 23.1 Å². The topological polar surface area (TPSA) is 152 Å². The predicted molar refractivity (Wildman–Crippen MR) is 148 cm³/mol. The fourth-order valence-corrected chi connectivity index (χ4v) is 6.95. The normalized spacial score (nSPS) is 19.2. The maximum atomic E-state index is 13.1. The van der Waals surface area contributed by atoms with Crippen LogP contribution < -0.4 is 5.73 Å². The number of carboxylic acid groups (broad SMARTS) is 1. The third-order valence-corrected chi connectivity index (χ3v) is 9.18. The summed E-state index contributed by atoms with van der Waals surface area (Å²) in [7, 11) is 1.31. The summed E-state index contributed by atoms with van der Waals surface area (Å²) in [5, 5.41) is 15.3. The molecule has 1 amide bonds. The summed E-state index contributed by atoms with van der Waals surface area (Å²) in [6.45, 7) is 3.48. The largest absolute Gasteiger partial charge is 0.477 e. The monoisotopic (exact) mass is 574 g/mol. The first-order valence-electron chi connectivity index (χ1n) is 11.6. The van der Waals surface area contributed by atoms with Crippen LogP contribution >= 0.6 is 34.9 Å². The van der Waals surface area contributed by atoms with E-state index in [4.69, 9.17) is 10.6 Å². The van der Waals surface area contributed by atoms with Crippen molar-refractivity contribution in [2.24, 2.45) is 11.1 Å². The number of carbonyl (C=O) groups excluding carboxylic acids is 3. The molecule has 10 nitrogen and oxygen atoms in total. The summed E-state index contributed by atoms with van der Waals surface area (Å²) in [5.74, 6) is -1.69. The number of hydrogen-bond acceptors (Lipinski definition) is 11. The standard InChI is InChI=1S/C25H26N4O6S3/c1-12-6-14(9-36-13(2)30)4-5-15(12)7-16-10-37-23-17(22(32)29(23)21(16)24(33)34)8-19(31)20(28-35-3)18-11-38-25(26)27-18/h4-6,11,17,23H,7-10H2,1-3H3,(H2,26,27)(H,33,34)/b28-20-/t17-,23-/m1/s1. The van der Waals surface area contributed by atoms with Gasteiger partial charge < -0.3 is 15.7 Å². The highest BCUT2D eigenvalue weighted by atomic mass is 32.2. The lowest BCUT2D eigenvalue weighted by atomic mass is 9.88. The summed E-state index contributed by atoms with van der Waals surface area (Å²) in [5.41, 5.74) is 9.51. The molecule has 0 bridgehead atoms. The second-order valence-electron chi connectivity index (χ2n) is 8.81. The van der Waals surface area contributed by atoms with Crippen molar-refractivity contribution < 1.29 is 29.1 Å². The molecule has 38 heavy (non-hydrogen) atoms. The number of nitrogen functional groups attached to an aromatic ring is 1. The lowest BCUT2D eigenvalue weighted by molar-refractivity contribution is -0.153. The Morgan fingerprint density at radius 3 is 2.71 bits per heavy atom. The number of aliphatic carboxylic acids is 1. The van der Waals surface area contributed by atoms with Crippen LogP contribution in [0.4, 0.5) is 5.13 Å². The Balaban J connectivity index is 1.51. The number of carboxylic acids is 1. The van der Waals surface area contributed by atoms with Gasteiger partial charge in [0.05, 0.1) is 11.3 Å². The van der Waals surface area contributed by atoms with Crippen LogP contribution in [0, 0.1) is 12.8 Å². The van der Waals surface area contributed by atoms with Crippen molar-refractivity contribution in [3.8, 4) is 0 Å². The van der Waals surface area contributed by atoms with Gasteiger partial charge in [0.2, 0.25) is 5.91 Å². The number of ketones is 1. The second-order valence-corrected chi connectivity index (χ2v) is 12.0. The van der Waals surface area contributed by atoms with E-state index < -0.39 is 29.0 Å². The number of thiazole rings is 1. The molecule has 200 valence electrons. The third-order valence-electron chi connectivity index (χ3n) is 6.23. The van der Waals surface area contributed by atoms with E-state index in [2.05, 4.69) is 10.1 Å². The van der Waals surface area contributed by atoms with Gasteiger partial charge in [-0.3, -0.25) is 19.3 Å². The highest BCUT2D eigenvalue weighted by molar-refractivity contribution is 8.12. The van der Waals surface area contributed by atoms with Gasteiger partial charge in [0.1, 0.15) is 18.5 Å². The van der Waals surface area contributed by atoms with Crippen LogP contribution in [0.5, 0.6) is 0 Å². The number of aryl methyl sites for hydroxylation is 1. The molecule has 0 unspecified atom stereocenters. The summed E-state index contributed by atoms with van der Waals surface area (Å²) in [6.07, 6.45) is 0.240. The van der Waals surface area contributed by atoms with Crippen molar-refractivity contribution in [1.82, 2.24) is 9.88 Å². The van der Waals surface area contributed by atoms with Crippen molar-refractivity contribution in [2.75, 3.05) is 18.6 Å². The van der Waals surface area contributed by atoms with Crippen LogP contribution in [0.2, 0.25) is 0 Å². The van der Waals surface area contributed by atoms with Gasteiger partial charge in [-0.05, 0) is 35.6 Å². The number of fused-ring (bicyclic) bond motifs is 1. The van der Waals surface area contributed by atoms with Crippen LogP contribution in [0.15, 0.2) is 40.0 Å². The number of β-lactam (4-membered cyclic amide) rings is 1. The first-order chi connectivity index (χ1) is 18.1. The minimum atomic E-state index is -1.17. The van der Waals surface area contributed by atoms with E-state index in [0.29, 0.717) is 23.5 Å². The summed E-state index contributed by atoms with van der Waals surface area (Å²) < 4.78 is 0. The van der Waals surface area contributed by atoms with Crippen LogP contribution in [0.25, 0.3) is 0 Å². The molecule has 0 aliphatic carbocycles. The number of carbonyl (C=O) groups is 4. The van der Waals surface area contributed by atoms with Gasteiger partial charge in [-0.1, -0.05) is 35.1 Å². The van der Waals surface area contributed by atoms with Crippen molar-refractivity contribution in [3.05, 3.63) is 57.2 Å². The Bertz CT molecular complexity index is 1370. The molecule has 0 saturated carbocycles. The fraction of sp³-hybridized carbons (Fsp3) is 0.360. The van der Waals surface area contributed by atoms with E-state index in [0.717, 1.165) is 28.0 Å². The molecule has 4 rings (SSSR count). The average molecular weight is 575 g/mol. The maximum absolute atomic E-state index is 13.1. The molecule has 13 heteroatoms. The average Bonchev–Trinajstić information content (AvgIpc) is 3.30. The Morgan fingerprint density at radius 1 is 1.34 bits per heavy atom. The Hall–Kier alpha value is -3.16. The molecular weight excluding hydrogens is 548 g/mol. The zero-order chi connectivity index (χ0) is 27.6. The molecule has 1 saturated heterocycles. The van der Waals surface area contributed by atoms with Crippen LogP contribution in [-0.2, 0) is 36.2 Å². The van der Waals surface area contributed by atoms with E-state index >= 15 is 0 Å². The van der Waals surface area contributed by atoms with Crippen molar-refractivity contribution in [2.45, 2.75) is 37.8 Å². The summed E-state index contributed by atoms with van der Waals surface area (Å²) >= 11 is 3.84. The summed E-state index contributed by atoms with van der Waals surface area (Å²) in [6, 6.07) is 5.87. The van der Waals surface area contributed by atoms with Crippen LogP contribution in [0.1, 0.15) is 35.7 Å². The fourth-order valence-electron chi connectivity index (χ4n) is 4.44. The zero-order valence-corrected chi connectivity index (χ0v) is 23.4. The lowest BCUT2D eigenvalue weighted by Crippen LogP contribution is -2.62. The first-order valence-corrected chi connectivity index (χ1v) is 14.5. The van der Waals surface area contributed by atoms with Gasteiger partial charge in [0, 0.05) is 30.2 Å². The van der Waals surface area contributed by atoms with Crippen LogP contribution in [0.3, 0.4) is 0 Å². The Morgan fingerprint density at radius 2 is 2.11 bits per heavy atom. The number of hydrogen-bond donors (Lipinski definition) is 2. The predicted octanol–water partition coefficient (Wildman–Crippen LogP) is 3.24. The van der Waals surface area contributed by atoms with Gasteiger partial charge in [0.15, 0.2) is 21.7 Å². The molecule has 1 aromatic heterocycles. The number of thioether (sulfide) groups is 2. The van der Waals surface area contributed by atoms with Crippen molar-refractivity contribution >= 4 is 68.5 Å². The molecule has 2 aliphatic heterocycles. The highest BCUT2D eigenvalue weighted by Crippen LogP contribution is 2.46. The number of benzene rings is 1. The highest BCUT2D eigenvalue weighted by Gasteiger charge is 2.54. The number of aromatic nitrogens is 1. The number of oxime groups is 1. The van der Waals surface area contributed by atoms with Crippen LogP contribution in [-0.4, -0.2) is 61.7 Å². The quantitative estimate of drug-likeness (QED) is 0.246. The minimum Gasteiger partial charge on any atom is -0.477 e. The minimum absolute atomic E-state index is 0.0175. The molecule has 1 aromatic carbocycles. The molecule has 0 radical (unpaired) electrons. The van der Waals surface area contributed by atoms with Gasteiger partial charge in [-0.25, -0.2) is 9.78 Å². The first kappa shape index (κ1) is 27.9. The van der Waals surface area contributed by atoms with Crippen molar-refractivity contribution in [3.63, 3.8) is 0 Å². The lowest BCUT2D eigenvalue weighted by Gasteiger charge is -2.49. The molecule has 2 aliphatic rings. The van der Waals surface area contributed by atoms with E-state index in [-0.39, 0.29) is 33.8 Å². The second kappa shape index (κ2) is 11.7. The number of rotatable bonds is 10. The number of nitrogens with two attached hydrogens (primary N) is 1. The molecular formula is C25H26N4O6S3. The van der Waals surface area contributed by atoms with E-state index in [1.165, 1.54) is 42.5 Å². The van der Waals surface area contributed by atoms with E-state index in [9.17, 15) is 24.3 Å². The molecule has 3 heterocycles. The van der Waals surface area contributed by atoms with E-state index in [1.807, 2.05) is 25.1 Å². The molecule has 2 aromatic rings. The Labute approximate surface area is 231 Å². The van der Waals surface area contributed by atoms with Crippen molar-refractivity contribution in [1.29, 1.82) is 0 Å². The van der Waals surface area contributed by atoms with Gasteiger partial charge in [0.25, 0.3) is 0 Å². The smallest absolute Gasteiger partial charge is 0.352 e. The number of anilines is 1. The molecule has 3 N–H and O–H groups in total. The van der Waals surface area contributed by atoms with Gasteiger partial charge >= 0.3 is 5.97 Å². The molecule has 0 spiro atoms. The molecule has 1 fully saturated rings. The van der Waals surface area contributed by atoms with Gasteiger partial charge in [-0.2, -0.15) is 0 Å². The Kier molecular flexibility index (Phi) is 8.58. The molecule has 2 atom stereocenters. The zero-order valence-electron chi connectivity index (χ0n) is 20.9. The van der Waals surface area contributed by atoms with E-state index in [1.54, 1.807) is 5.38 Å². The number of amides is 1. The SMILES string of the molecule is CO/N=C(\C(=O)C[C@@H]1C(=O)N2C(C(=O)O)=C(Cc3ccc(CSC(C)=O)cc3C)CS[C@H]12)c1csc(N)n1.